The Labute approximate surface area is 515 Å². The molecule has 0 radical (unpaired) electrons. The number of rotatable bonds is 30. The van der Waals surface area contributed by atoms with E-state index in [-0.39, 0.29) is 0 Å². The fraction of sp³-hybridized carbons (Fsp3) is 0.880. The summed E-state index contributed by atoms with van der Waals surface area (Å²) < 4.78 is 58.4. The monoisotopic (exact) mass is 1330 g/mol. The van der Waals surface area contributed by atoms with Crippen molar-refractivity contribution in [3.8, 4) is 0 Å². The van der Waals surface area contributed by atoms with Crippen LogP contribution in [0.3, 0.4) is 0 Å². The number of aliphatic hydroxyl groups is 19. The van der Waals surface area contributed by atoms with E-state index in [1.807, 2.05) is 0 Å². The van der Waals surface area contributed by atoms with E-state index in [2.05, 4.69) is 21.3 Å². The standard InChI is InChI=1S/C50H84N4O37/c1-14(61)51-27-18(65)5-49(47(78)79,88-40(27)32(72)21(68)8-56)90-42-30(54-17(4)64)44(85-26(12-60)39(42)87-45-29(53-16(3)63)36(76)34(74)24(10-58)83-45)82-13-23(70)38(31(71)20(67)7-55)86-46-37(77)43(35(75)25(11-59)84-46)91-50(48(80)81)6-19(66)28(52-15(2)62)41(89-50)33(73)22(69)9-57/h18-46,55-60,65-77H,5-13H2,1-4H3,(H,51,61)(H,52,62)(H,53,63)(H,54,64)(H,78,79)(H,80,81)/t18-,19-,20-,21+,22+,23+,24+,25+,26+,27+,28+,29+,30+,31+,32+,33+,34-,35-,36+,37+,38+,39+,40+,41+,42+,43-,44+,45-,46-,49-,50-/m0/s1. The maximum absolute atomic E-state index is 13.7. The third-order valence-corrected chi connectivity index (χ3v) is 15.6. The molecule has 25 N–H and O–H groups in total. The third-order valence-electron chi connectivity index (χ3n) is 15.6. The highest BCUT2D eigenvalue weighted by molar-refractivity contribution is 5.78. The zero-order valence-electron chi connectivity index (χ0n) is 49.0. The molecule has 5 aliphatic rings. The second kappa shape index (κ2) is 33.4. The maximum atomic E-state index is 13.7. The number of carbonyl (C=O) groups is 6. The van der Waals surface area contributed by atoms with Crippen LogP contribution in [0.25, 0.3) is 0 Å². The van der Waals surface area contributed by atoms with Crippen molar-refractivity contribution in [3.05, 3.63) is 0 Å². The molecule has 5 rings (SSSR count). The molecule has 0 aromatic carbocycles. The molecule has 0 aliphatic carbocycles. The molecule has 0 aromatic rings. The molecule has 5 aliphatic heterocycles. The van der Waals surface area contributed by atoms with Gasteiger partial charge in [0.25, 0.3) is 11.6 Å². The van der Waals surface area contributed by atoms with Crippen LogP contribution in [0.2, 0.25) is 0 Å². The first-order chi connectivity index (χ1) is 42.6. The maximum Gasteiger partial charge on any atom is 0.364 e. The van der Waals surface area contributed by atoms with Crippen LogP contribution in [0, 0.1) is 0 Å². The van der Waals surface area contributed by atoms with Crippen LogP contribution < -0.4 is 21.3 Å². The van der Waals surface area contributed by atoms with Crippen LogP contribution in [-0.2, 0) is 76.1 Å². The Bertz CT molecular complexity index is 2390. The van der Waals surface area contributed by atoms with Gasteiger partial charge in [0.2, 0.25) is 23.6 Å². The van der Waals surface area contributed by atoms with Crippen molar-refractivity contribution < 1.29 is 183 Å². The molecule has 5 heterocycles. The van der Waals surface area contributed by atoms with E-state index in [1.165, 1.54) is 0 Å². The molecule has 0 saturated carbocycles. The van der Waals surface area contributed by atoms with E-state index in [1.54, 1.807) is 0 Å². The first-order valence-corrected chi connectivity index (χ1v) is 28.3. The average Bonchev–Trinajstić information content (AvgIpc) is 0.766. The zero-order chi connectivity index (χ0) is 68.5. The summed E-state index contributed by atoms with van der Waals surface area (Å²) in [6.45, 7) is -5.07. The van der Waals surface area contributed by atoms with Crippen molar-refractivity contribution in [2.24, 2.45) is 0 Å². The Morgan fingerprint density at radius 3 is 1.31 bits per heavy atom. The summed E-state index contributed by atoms with van der Waals surface area (Å²) in [5, 5.41) is 237. The number of nitrogens with one attached hydrogen (secondary N) is 4. The summed E-state index contributed by atoms with van der Waals surface area (Å²) in [7, 11) is 0. The van der Waals surface area contributed by atoms with Crippen LogP contribution in [0.15, 0.2) is 0 Å². The van der Waals surface area contributed by atoms with E-state index in [0.29, 0.717) is 0 Å². The number of hydrogen-bond donors (Lipinski definition) is 25. The van der Waals surface area contributed by atoms with Crippen molar-refractivity contribution in [2.75, 3.05) is 46.2 Å². The molecule has 0 bridgehead atoms. The molecule has 0 aromatic heterocycles. The molecule has 5 fully saturated rings. The lowest BCUT2D eigenvalue weighted by atomic mass is 9.87. The van der Waals surface area contributed by atoms with Crippen molar-refractivity contribution in [1.82, 2.24) is 21.3 Å². The Balaban J connectivity index is 1.59. The summed E-state index contributed by atoms with van der Waals surface area (Å²) in [6, 6.07) is -7.56. The minimum Gasteiger partial charge on any atom is -0.477 e. The summed E-state index contributed by atoms with van der Waals surface area (Å²) in [5.74, 6) is -14.9. The number of aliphatic carboxylic acids is 2. The zero-order valence-corrected chi connectivity index (χ0v) is 49.0. The highest BCUT2D eigenvalue weighted by atomic mass is 16.8. The van der Waals surface area contributed by atoms with Crippen LogP contribution in [0.4, 0.5) is 0 Å². The van der Waals surface area contributed by atoms with Gasteiger partial charge in [-0.3, -0.25) is 19.2 Å². The van der Waals surface area contributed by atoms with Crippen molar-refractivity contribution in [3.63, 3.8) is 0 Å². The van der Waals surface area contributed by atoms with Crippen molar-refractivity contribution in [2.45, 2.75) is 229 Å². The molecule has 31 atom stereocenters. The summed E-state index contributed by atoms with van der Waals surface area (Å²) in [5.41, 5.74) is 0. The molecule has 41 nitrogen and oxygen atoms in total. The minimum atomic E-state index is -3.41. The van der Waals surface area contributed by atoms with Crippen LogP contribution in [-0.4, -0.2) is 378 Å². The normalized spacial score (nSPS) is 39.8. The predicted molar refractivity (Wildman–Crippen MR) is 282 cm³/mol. The molecule has 0 unspecified atom stereocenters. The number of carboxylic acids is 2. The fourth-order valence-electron chi connectivity index (χ4n) is 11.0. The number of carbonyl (C=O) groups excluding carboxylic acids is 4. The van der Waals surface area contributed by atoms with Crippen molar-refractivity contribution in [1.29, 1.82) is 0 Å². The number of ether oxygens (including phenoxy) is 10. The van der Waals surface area contributed by atoms with Crippen LogP contribution in [0.1, 0.15) is 40.5 Å². The molecule has 41 heteroatoms. The lowest BCUT2D eigenvalue weighted by Gasteiger charge is -2.52. The second-order valence-corrected chi connectivity index (χ2v) is 22.4. The highest BCUT2D eigenvalue weighted by Crippen LogP contribution is 2.41. The van der Waals surface area contributed by atoms with E-state index in [0.717, 1.165) is 27.7 Å². The second-order valence-electron chi connectivity index (χ2n) is 22.4. The Kier molecular flexibility index (Phi) is 28.4. The first kappa shape index (κ1) is 77.4. The Hall–Kier alpha value is -4.34. The summed E-state index contributed by atoms with van der Waals surface area (Å²) in [6.07, 6.45) is -58.9. The van der Waals surface area contributed by atoms with Gasteiger partial charge in [0.05, 0.1) is 70.5 Å². The van der Waals surface area contributed by atoms with Gasteiger partial charge >= 0.3 is 11.9 Å². The SMILES string of the molecule is CC(=O)N[C@H]1[C@H](O[C@H]2[C@H](O[C@]3(C(=O)O)C[C@H](O)[C@@H](NC(C)=O)[C@H]([C@H](O)[C@H](O)CO)O3)[C@@H](NC(C)=O)[C@H](OC[C@@H](O)[C@@H](O[C@@H]3O[C@H](CO)[C@H](O)[C@H](O[C@]4(C(=O)O)C[C@H](O)[C@@H](NC(C)=O)[C@H]([C@H](O)[C@H](O)CO)O4)[C@H]3O)[C@H](O)[C@@H](O)CO)O[C@@H]2CO)O[C@H](CO)[C@H](O)[C@@H]1O. The summed E-state index contributed by atoms with van der Waals surface area (Å²) in [4.78, 5) is 77.1. The van der Waals surface area contributed by atoms with Gasteiger partial charge < -0.3 is 176 Å². The van der Waals surface area contributed by atoms with Gasteiger partial charge in [-0.1, -0.05) is 0 Å². The molecular weight excluding hydrogens is 1250 g/mol. The van der Waals surface area contributed by atoms with E-state index >= 15 is 0 Å². The number of amides is 4. The van der Waals surface area contributed by atoms with Crippen molar-refractivity contribution >= 4 is 35.6 Å². The minimum absolute atomic E-state index is 0.846. The van der Waals surface area contributed by atoms with E-state index in [9.17, 15) is 136 Å². The number of hydrogen-bond acceptors (Lipinski definition) is 35. The molecule has 4 amide bonds. The first-order valence-electron chi connectivity index (χ1n) is 28.3. The lowest BCUT2D eigenvalue weighted by molar-refractivity contribution is -0.380. The van der Waals surface area contributed by atoms with E-state index < -0.39 is 284 Å². The van der Waals surface area contributed by atoms with Gasteiger partial charge in [-0.05, 0) is 0 Å². The Morgan fingerprint density at radius 1 is 0.473 bits per heavy atom. The predicted octanol–water partition coefficient (Wildman–Crippen LogP) is -15.5. The highest BCUT2D eigenvalue weighted by Gasteiger charge is 2.63. The largest absolute Gasteiger partial charge is 0.477 e. The van der Waals surface area contributed by atoms with E-state index in [4.69, 9.17) is 47.4 Å². The molecule has 5 saturated heterocycles. The molecular formula is C50H84N4O37. The van der Waals surface area contributed by atoms with Crippen LogP contribution >= 0.6 is 0 Å². The quantitative estimate of drug-likeness (QED) is 0.0318. The number of aliphatic hydroxyl groups excluding tert-OH is 19. The van der Waals surface area contributed by atoms with Gasteiger partial charge in [-0.2, -0.15) is 0 Å². The van der Waals surface area contributed by atoms with Gasteiger partial charge in [-0.15, -0.1) is 0 Å². The fourth-order valence-corrected chi connectivity index (χ4v) is 11.0. The molecule has 91 heavy (non-hydrogen) atoms. The van der Waals surface area contributed by atoms with Gasteiger partial charge in [-0.25, -0.2) is 9.59 Å². The smallest absolute Gasteiger partial charge is 0.364 e. The molecule has 526 valence electrons. The summed E-state index contributed by atoms with van der Waals surface area (Å²) >= 11 is 0. The van der Waals surface area contributed by atoms with Gasteiger partial charge in [0, 0.05) is 40.5 Å². The average molecular weight is 1330 g/mol. The lowest BCUT2D eigenvalue weighted by Crippen LogP contribution is -2.73. The third kappa shape index (κ3) is 18.0. The number of carboxylic acid groups (broad SMARTS) is 2. The Morgan fingerprint density at radius 2 is 0.879 bits per heavy atom. The molecule has 0 spiro atoms. The van der Waals surface area contributed by atoms with Gasteiger partial charge in [0.15, 0.2) is 18.9 Å². The van der Waals surface area contributed by atoms with Gasteiger partial charge in [0.1, 0.15) is 134 Å². The van der Waals surface area contributed by atoms with Crippen LogP contribution in [0.5, 0.6) is 0 Å². The topological polar surface area (TPSA) is 668 Å².